The van der Waals surface area contributed by atoms with Crippen molar-refractivity contribution in [3.8, 4) is 0 Å². The maximum absolute atomic E-state index is 9.63. The Morgan fingerprint density at radius 2 is 1.86 bits per heavy atom. The maximum Gasteiger partial charge on any atom is 0.359 e. The van der Waals surface area contributed by atoms with Crippen molar-refractivity contribution in [3.63, 3.8) is 0 Å². The van der Waals surface area contributed by atoms with Crippen LogP contribution in [0.2, 0.25) is 0 Å². The summed E-state index contributed by atoms with van der Waals surface area (Å²) in [5.41, 5.74) is 0. The molecule has 7 heavy (non-hydrogen) atoms. The predicted molar refractivity (Wildman–Crippen MR) is 28.2 cm³/mol. The van der Waals surface area contributed by atoms with Crippen molar-refractivity contribution in [2.24, 2.45) is 0 Å². The van der Waals surface area contributed by atoms with Crippen molar-refractivity contribution >= 4 is 38.2 Å². The third-order valence-electron chi connectivity index (χ3n) is 0.174. The molecule has 0 fully saturated rings. The van der Waals surface area contributed by atoms with Gasteiger partial charge in [-0.05, 0) is 2.85 Å². The normalized spacial score (nSPS) is 12.6. The highest BCUT2D eigenvalue weighted by Crippen LogP contribution is 2.06. The maximum atomic E-state index is 9.63. The lowest BCUT2D eigenvalue weighted by molar-refractivity contribution is 0.466. The smallest absolute Gasteiger partial charge is 0.272 e. The molecule has 0 radical (unpaired) electrons. The summed E-state index contributed by atoms with van der Waals surface area (Å²) in [4.78, 5) is 0. The van der Waals surface area contributed by atoms with Crippen LogP contribution < -0.4 is 0 Å². The quantitative estimate of drug-likeness (QED) is 0.508. The van der Waals surface area contributed by atoms with E-state index < -0.39 is 10.3 Å². The van der Waals surface area contributed by atoms with Crippen molar-refractivity contribution < 1.29 is 13.0 Å². The van der Waals surface area contributed by atoms with E-state index in [2.05, 4.69) is 27.9 Å². The third kappa shape index (κ3) is 3.24. The largest absolute Gasteiger partial charge is 0.359 e. The first-order valence-corrected chi connectivity index (χ1v) is 3.48. The van der Waals surface area contributed by atoms with E-state index in [1.54, 1.807) is 0 Å². The van der Waals surface area contributed by atoms with Gasteiger partial charge in [0.05, 0.1) is 0 Å². The van der Waals surface area contributed by atoms with Crippen LogP contribution in [0.5, 0.6) is 0 Å². The molecule has 44 valence electrons. The highest BCUT2D eigenvalue weighted by Gasteiger charge is 2.10. The van der Waals surface area contributed by atoms with Crippen LogP contribution >= 0.6 is 27.9 Å². The zero-order chi connectivity index (χ0) is 6.08. The van der Waals surface area contributed by atoms with Gasteiger partial charge in [0.25, 0.3) is 0 Å². The standard InChI is InChI=1S/BrClHNO3S/c1-3(2)7(4,5)6/h(H,4,5,6). The zero-order valence-electron chi connectivity index (χ0n) is 2.88. The Bertz CT molecular complexity index is 137. The minimum atomic E-state index is -4.23. The summed E-state index contributed by atoms with van der Waals surface area (Å²) >= 11 is 6.92. The van der Waals surface area contributed by atoms with E-state index in [1.807, 2.05) is 0 Å². The van der Waals surface area contributed by atoms with Crippen LogP contribution in [0.1, 0.15) is 0 Å². The van der Waals surface area contributed by atoms with Crippen molar-refractivity contribution in [3.05, 3.63) is 0 Å². The number of hydrogen-bond donors (Lipinski definition) is 1. The van der Waals surface area contributed by atoms with Gasteiger partial charge in [-0.1, -0.05) is 0 Å². The summed E-state index contributed by atoms with van der Waals surface area (Å²) in [7, 11) is -4.23. The summed E-state index contributed by atoms with van der Waals surface area (Å²) in [6, 6.07) is 0. The van der Waals surface area contributed by atoms with Crippen molar-refractivity contribution in [2.75, 3.05) is 0 Å². The Labute approximate surface area is 54.4 Å². The lowest BCUT2D eigenvalue weighted by atomic mass is 13.9. The second-order valence-corrected chi connectivity index (χ2v) is 4.04. The SMILES string of the molecule is O=S(=O)(O)N(Cl)Br. The summed E-state index contributed by atoms with van der Waals surface area (Å²) in [6.07, 6.45) is 0. The van der Waals surface area contributed by atoms with Crippen LogP contribution in [0, 0.1) is 0 Å². The van der Waals surface area contributed by atoms with E-state index in [4.69, 9.17) is 4.55 Å². The van der Waals surface area contributed by atoms with Crippen LogP contribution in [0.15, 0.2) is 0 Å². The molecule has 0 aromatic rings. The monoisotopic (exact) mass is 209 g/mol. The summed E-state index contributed by atoms with van der Waals surface area (Å²) < 4.78 is 27.1. The fraction of sp³-hybridized carbons (Fsp3) is 0. The Morgan fingerprint density at radius 3 is 1.86 bits per heavy atom. The molecule has 0 saturated carbocycles. The minimum absolute atomic E-state index is 0. The lowest BCUT2D eigenvalue weighted by Crippen LogP contribution is -2.08. The molecule has 0 heterocycles. The molecule has 7 heteroatoms. The van der Waals surface area contributed by atoms with Gasteiger partial charge in [-0.2, -0.15) is 8.42 Å². The molecule has 0 bridgehead atoms. The molecule has 0 unspecified atom stereocenters. The van der Waals surface area contributed by atoms with Gasteiger partial charge < -0.3 is 0 Å². The van der Waals surface area contributed by atoms with E-state index in [-0.39, 0.29) is 2.85 Å². The molecular formula is HBrClNO3S. The van der Waals surface area contributed by atoms with Crippen LogP contribution in [-0.4, -0.2) is 15.8 Å². The molecule has 0 atom stereocenters. The van der Waals surface area contributed by atoms with Crippen LogP contribution in [-0.2, 0) is 10.3 Å². The van der Waals surface area contributed by atoms with Gasteiger partial charge in [0.1, 0.15) is 0 Å². The summed E-state index contributed by atoms with van der Waals surface area (Å²) in [5.74, 6) is 0. The predicted octanol–water partition coefficient (Wildman–Crippen LogP) is 0.555. The van der Waals surface area contributed by atoms with E-state index >= 15 is 0 Å². The molecule has 1 N–H and O–H groups in total. The summed E-state index contributed by atoms with van der Waals surface area (Å²) in [5, 5.41) is 0. The topological polar surface area (TPSA) is 57.6 Å². The van der Waals surface area contributed by atoms with Crippen LogP contribution in [0.3, 0.4) is 0 Å². The van der Waals surface area contributed by atoms with Gasteiger partial charge in [-0.3, -0.25) is 4.55 Å². The molecule has 0 spiro atoms. The molecule has 0 aliphatic carbocycles. The number of nitrogens with zero attached hydrogens (tertiary/aromatic N) is 1. The lowest BCUT2D eigenvalue weighted by Gasteiger charge is -1.93. The molecule has 4 nitrogen and oxygen atoms in total. The van der Waals surface area contributed by atoms with Gasteiger partial charge in [0.2, 0.25) is 0 Å². The number of hydrogen-bond acceptors (Lipinski definition) is 2. The summed E-state index contributed by atoms with van der Waals surface area (Å²) in [6.45, 7) is 0. The van der Waals surface area contributed by atoms with Gasteiger partial charge in [-0.25, -0.2) is 0 Å². The average molecular weight is 210 g/mol. The molecule has 0 aromatic carbocycles. The van der Waals surface area contributed by atoms with Gasteiger partial charge in [-0.15, -0.1) is 0 Å². The highest BCUT2D eigenvalue weighted by molar-refractivity contribution is 9.09. The molecule has 0 rings (SSSR count). The Balaban J connectivity index is 4.10. The Morgan fingerprint density at radius 1 is 1.71 bits per heavy atom. The average Bonchev–Trinajstić information content (AvgIpc) is 1.31. The fourth-order valence-corrected chi connectivity index (χ4v) is 0. The molecular weight excluding hydrogens is 209 g/mol. The first kappa shape index (κ1) is 7.64. The second-order valence-electron chi connectivity index (χ2n) is 0.650. The molecule has 0 aliphatic heterocycles. The number of halogens is 2. The van der Waals surface area contributed by atoms with Crippen LogP contribution in [0.25, 0.3) is 0 Å². The Hall–Kier alpha value is 0.640. The van der Waals surface area contributed by atoms with E-state index in [0.717, 1.165) is 0 Å². The van der Waals surface area contributed by atoms with Crippen molar-refractivity contribution in [1.29, 1.82) is 0 Å². The van der Waals surface area contributed by atoms with E-state index in [9.17, 15) is 8.42 Å². The zero-order valence-corrected chi connectivity index (χ0v) is 6.03. The van der Waals surface area contributed by atoms with Gasteiger partial charge in [0.15, 0.2) is 0 Å². The second kappa shape index (κ2) is 2.27. The van der Waals surface area contributed by atoms with Crippen LogP contribution in [0.4, 0.5) is 0 Å². The highest BCUT2D eigenvalue weighted by atomic mass is 79.9. The van der Waals surface area contributed by atoms with Gasteiger partial charge >= 0.3 is 10.3 Å². The van der Waals surface area contributed by atoms with E-state index in [1.165, 1.54) is 0 Å². The molecule has 0 aliphatic rings. The molecule has 0 saturated heterocycles. The fourth-order valence-electron chi connectivity index (χ4n) is 0. The van der Waals surface area contributed by atoms with E-state index in [0.29, 0.717) is 0 Å². The third-order valence-corrected chi connectivity index (χ3v) is 2.14. The first-order chi connectivity index (χ1) is 2.94. The number of rotatable bonds is 1. The first-order valence-electron chi connectivity index (χ1n) is 1.04. The molecule has 0 amide bonds. The van der Waals surface area contributed by atoms with Crippen molar-refractivity contribution in [1.82, 2.24) is 2.85 Å². The van der Waals surface area contributed by atoms with Gasteiger partial charge in [0, 0.05) is 27.9 Å². The Kier molecular flexibility index (Phi) is 2.48. The minimum Gasteiger partial charge on any atom is -0.272 e. The van der Waals surface area contributed by atoms with Crippen molar-refractivity contribution in [2.45, 2.75) is 0 Å². The molecule has 0 aromatic heterocycles.